The summed E-state index contributed by atoms with van der Waals surface area (Å²) in [6.07, 6.45) is 1.85. The molecule has 0 amide bonds. The summed E-state index contributed by atoms with van der Waals surface area (Å²) >= 11 is 0. The Bertz CT molecular complexity index is 882. The van der Waals surface area contributed by atoms with E-state index >= 15 is 0 Å². The van der Waals surface area contributed by atoms with Crippen LogP contribution >= 0.6 is 0 Å². The summed E-state index contributed by atoms with van der Waals surface area (Å²) in [5, 5.41) is 3.07. The van der Waals surface area contributed by atoms with E-state index < -0.39 is 0 Å². The molecule has 0 N–H and O–H groups in total. The second kappa shape index (κ2) is 7.57. The first-order valence-corrected chi connectivity index (χ1v) is 8.44. The van der Waals surface area contributed by atoms with Crippen LogP contribution in [-0.2, 0) is 16.0 Å². The van der Waals surface area contributed by atoms with Crippen molar-refractivity contribution < 1.29 is 18.7 Å². The van der Waals surface area contributed by atoms with E-state index in [9.17, 15) is 4.79 Å². The maximum Gasteiger partial charge on any atom is 0.310 e. The smallest absolute Gasteiger partial charge is 0.310 e. The van der Waals surface area contributed by atoms with E-state index in [-0.39, 0.29) is 12.4 Å². The standard InChI is InChI=1S/C20H23NO4/c1-4-23-19(22)12-15-13-25-18-8-5-14-11-16(24-10-9-21(2)3)6-7-17(14)20(15)18/h5-8,11,13H,4,9-10,12H2,1-3H3. The molecule has 0 saturated heterocycles. The molecular formula is C20H23NO4. The molecule has 25 heavy (non-hydrogen) atoms. The molecule has 3 aromatic rings. The molecule has 0 aliphatic rings. The minimum atomic E-state index is -0.245. The Morgan fingerprint density at radius 1 is 1.20 bits per heavy atom. The Morgan fingerprint density at radius 3 is 2.80 bits per heavy atom. The minimum Gasteiger partial charge on any atom is -0.492 e. The first kappa shape index (κ1) is 17.3. The highest BCUT2D eigenvalue weighted by Gasteiger charge is 2.14. The zero-order valence-corrected chi connectivity index (χ0v) is 14.9. The van der Waals surface area contributed by atoms with Crippen molar-refractivity contribution in [3.8, 4) is 5.75 Å². The summed E-state index contributed by atoms with van der Waals surface area (Å²) in [5.74, 6) is 0.593. The van der Waals surface area contributed by atoms with Crippen LogP contribution in [0.1, 0.15) is 12.5 Å². The fourth-order valence-corrected chi connectivity index (χ4v) is 2.84. The van der Waals surface area contributed by atoms with Gasteiger partial charge in [0.2, 0.25) is 0 Å². The molecule has 0 unspecified atom stereocenters. The molecule has 0 fully saturated rings. The van der Waals surface area contributed by atoms with Gasteiger partial charge in [-0.3, -0.25) is 4.79 Å². The number of ether oxygens (including phenoxy) is 2. The van der Waals surface area contributed by atoms with Crippen molar-refractivity contribution in [1.29, 1.82) is 0 Å². The molecule has 0 saturated carbocycles. The van der Waals surface area contributed by atoms with Crippen molar-refractivity contribution in [2.75, 3.05) is 33.9 Å². The molecule has 1 heterocycles. The van der Waals surface area contributed by atoms with E-state index in [1.54, 1.807) is 13.2 Å². The number of likely N-dealkylation sites (N-methyl/N-ethyl adjacent to an activating group) is 1. The number of hydrogen-bond acceptors (Lipinski definition) is 5. The fraction of sp³-hybridized carbons (Fsp3) is 0.350. The Balaban J connectivity index is 1.91. The van der Waals surface area contributed by atoms with Gasteiger partial charge in [-0.05, 0) is 56.1 Å². The number of esters is 1. The summed E-state index contributed by atoms with van der Waals surface area (Å²) < 4.78 is 16.5. The highest BCUT2D eigenvalue weighted by atomic mass is 16.5. The Hall–Kier alpha value is -2.53. The van der Waals surface area contributed by atoms with Gasteiger partial charge in [-0.1, -0.05) is 6.07 Å². The maximum atomic E-state index is 11.8. The van der Waals surface area contributed by atoms with Crippen LogP contribution in [0.25, 0.3) is 21.7 Å². The van der Waals surface area contributed by atoms with Crippen LogP contribution in [0.2, 0.25) is 0 Å². The van der Waals surface area contributed by atoms with Crippen molar-refractivity contribution in [3.05, 3.63) is 42.2 Å². The van der Waals surface area contributed by atoms with Crippen molar-refractivity contribution in [3.63, 3.8) is 0 Å². The van der Waals surface area contributed by atoms with Crippen LogP contribution in [0.5, 0.6) is 5.75 Å². The van der Waals surface area contributed by atoms with Gasteiger partial charge in [-0.25, -0.2) is 0 Å². The number of carbonyl (C=O) groups is 1. The lowest BCUT2D eigenvalue weighted by molar-refractivity contribution is -0.142. The third-order valence-electron chi connectivity index (χ3n) is 4.05. The lowest BCUT2D eigenvalue weighted by atomic mass is 10.0. The SMILES string of the molecule is CCOC(=O)Cc1coc2ccc3cc(OCCN(C)C)ccc3c12. The molecule has 132 valence electrons. The molecule has 0 spiro atoms. The van der Waals surface area contributed by atoms with Crippen molar-refractivity contribution in [1.82, 2.24) is 4.90 Å². The molecule has 5 nitrogen and oxygen atoms in total. The molecule has 0 bridgehead atoms. The average Bonchev–Trinajstić information content (AvgIpc) is 2.98. The Morgan fingerprint density at radius 2 is 2.04 bits per heavy atom. The van der Waals surface area contributed by atoms with Gasteiger partial charge in [0.25, 0.3) is 0 Å². The molecular weight excluding hydrogens is 318 g/mol. The molecule has 3 rings (SSSR count). The topological polar surface area (TPSA) is 51.9 Å². The predicted molar refractivity (Wildman–Crippen MR) is 98.1 cm³/mol. The number of nitrogens with zero attached hydrogens (tertiary/aromatic N) is 1. The summed E-state index contributed by atoms with van der Waals surface area (Å²) in [6, 6.07) is 9.93. The molecule has 0 aliphatic heterocycles. The third-order valence-corrected chi connectivity index (χ3v) is 4.05. The van der Waals surface area contributed by atoms with E-state index in [1.165, 1.54) is 0 Å². The highest BCUT2D eigenvalue weighted by molar-refractivity contribution is 6.08. The fourth-order valence-electron chi connectivity index (χ4n) is 2.84. The number of rotatable bonds is 7. The van der Waals surface area contributed by atoms with Gasteiger partial charge in [0, 0.05) is 17.5 Å². The Kier molecular flexibility index (Phi) is 5.24. The van der Waals surface area contributed by atoms with E-state index in [1.807, 2.05) is 44.4 Å². The van der Waals surface area contributed by atoms with E-state index in [2.05, 4.69) is 4.90 Å². The highest BCUT2D eigenvalue weighted by Crippen LogP contribution is 2.32. The van der Waals surface area contributed by atoms with E-state index in [0.717, 1.165) is 39.6 Å². The van der Waals surface area contributed by atoms with Gasteiger partial charge in [0.1, 0.15) is 17.9 Å². The van der Waals surface area contributed by atoms with Gasteiger partial charge in [-0.2, -0.15) is 0 Å². The van der Waals surface area contributed by atoms with Crippen molar-refractivity contribution in [2.45, 2.75) is 13.3 Å². The number of benzene rings is 2. The van der Waals surface area contributed by atoms with Crippen LogP contribution in [0.3, 0.4) is 0 Å². The third kappa shape index (κ3) is 3.94. The van der Waals surface area contributed by atoms with Crippen molar-refractivity contribution in [2.24, 2.45) is 0 Å². The van der Waals surface area contributed by atoms with Crippen LogP contribution in [0, 0.1) is 0 Å². The second-order valence-electron chi connectivity index (χ2n) is 6.22. The zero-order chi connectivity index (χ0) is 17.8. The number of hydrogen-bond donors (Lipinski definition) is 0. The molecule has 0 aliphatic carbocycles. The molecule has 0 radical (unpaired) electrons. The van der Waals surface area contributed by atoms with Gasteiger partial charge in [0.05, 0.1) is 19.3 Å². The van der Waals surface area contributed by atoms with Crippen LogP contribution < -0.4 is 4.74 Å². The molecule has 0 atom stereocenters. The number of fused-ring (bicyclic) bond motifs is 3. The number of carbonyl (C=O) groups excluding carboxylic acids is 1. The van der Waals surface area contributed by atoms with Crippen molar-refractivity contribution >= 4 is 27.7 Å². The van der Waals surface area contributed by atoms with Crippen LogP contribution in [0.15, 0.2) is 41.0 Å². The maximum absolute atomic E-state index is 11.8. The summed E-state index contributed by atoms with van der Waals surface area (Å²) in [6.45, 7) is 3.69. The molecule has 5 heteroatoms. The normalized spacial score (nSPS) is 11.4. The first-order chi connectivity index (χ1) is 12.1. The zero-order valence-electron chi connectivity index (χ0n) is 14.9. The monoisotopic (exact) mass is 341 g/mol. The lowest BCUT2D eigenvalue weighted by Gasteiger charge is -2.11. The average molecular weight is 341 g/mol. The summed E-state index contributed by atoms with van der Waals surface area (Å²) in [5.41, 5.74) is 1.62. The number of furan rings is 1. The lowest BCUT2D eigenvalue weighted by Crippen LogP contribution is -2.19. The minimum absolute atomic E-state index is 0.209. The van der Waals surface area contributed by atoms with Gasteiger partial charge < -0.3 is 18.8 Å². The second-order valence-corrected chi connectivity index (χ2v) is 6.22. The quantitative estimate of drug-likeness (QED) is 0.614. The van der Waals surface area contributed by atoms with Crippen LogP contribution in [-0.4, -0.2) is 44.7 Å². The van der Waals surface area contributed by atoms with Gasteiger partial charge in [0.15, 0.2) is 0 Å². The Labute approximate surface area is 147 Å². The summed E-state index contributed by atoms with van der Waals surface area (Å²) in [4.78, 5) is 13.9. The first-order valence-electron chi connectivity index (χ1n) is 8.44. The molecule has 1 aromatic heterocycles. The van der Waals surface area contributed by atoms with Gasteiger partial charge >= 0.3 is 5.97 Å². The summed E-state index contributed by atoms with van der Waals surface area (Å²) in [7, 11) is 4.04. The predicted octanol–water partition coefficient (Wildman–Crippen LogP) is 3.63. The largest absolute Gasteiger partial charge is 0.492 e. The molecule has 2 aromatic carbocycles. The van der Waals surface area contributed by atoms with E-state index in [0.29, 0.717) is 13.2 Å². The van der Waals surface area contributed by atoms with Gasteiger partial charge in [-0.15, -0.1) is 0 Å². The van der Waals surface area contributed by atoms with E-state index in [4.69, 9.17) is 13.9 Å². The van der Waals surface area contributed by atoms with Crippen LogP contribution in [0.4, 0.5) is 0 Å².